The summed E-state index contributed by atoms with van der Waals surface area (Å²) in [6.07, 6.45) is 7.69. The molecule has 1 aliphatic heterocycles. The molecule has 10 heteroatoms. The van der Waals surface area contributed by atoms with Crippen molar-refractivity contribution in [1.82, 2.24) is 29.8 Å². The molecule has 0 aromatic carbocycles. The van der Waals surface area contributed by atoms with E-state index in [1.165, 1.54) is 6.33 Å². The van der Waals surface area contributed by atoms with Crippen molar-refractivity contribution < 1.29 is 9.53 Å². The normalized spacial score (nSPS) is 14.2. The Bertz CT molecular complexity index is 1400. The SMILES string of the molecule is Cc1ncc(Nc2ncnc3[nH]c(C4=CCN(C(=O)OC(C)(C)C)CC4)cc23)cc1-c1cncs1. The van der Waals surface area contributed by atoms with Gasteiger partial charge in [-0.25, -0.2) is 14.8 Å². The summed E-state index contributed by atoms with van der Waals surface area (Å²) >= 11 is 1.58. The molecule has 1 amide bonds. The zero-order valence-electron chi connectivity index (χ0n) is 20.1. The van der Waals surface area contributed by atoms with Crippen LogP contribution in [0, 0.1) is 6.92 Å². The van der Waals surface area contributed by atoms with Crippen molar-refractivity contribution in [3.8, 4) is 10.4 Å². The van der Waals surface area contributed by atoms with Crippen LogP contribution in [0.3, 0.4) is 0 Å². The Labute approximate surface area is 207 Å². The van der Waals surface area contributed by atoms with Gasteiger partial charge in [0.05, 0.1) is 27.7 Å². The number of rotatable bonds is 4. The molecule has 4 aromatic rings. The maximum atomic E-state index is 12.4. The molecule has 5 rings (SSSR count). The summed E-state index contributed by atoms with van der Waals surface area (Å²) in [5.74, 6) is 0.699. The monoisotopic (exact) mass is 489 g/mol. The molecule has 0 aliphatic carbocycles. The maximum absolute atomic E-state index is 12.4. The van der Waals surface area contributed by atoms with Gasteiger partial charge < -0.3 is 19.9 Å². The number of thiazole rings is 1. The number of hydrogen-bond acceptors (Lipinski definition) is 8. The van der Waals surface area contributed by atoms with Crippen LogP contribution in [0.25, 0.3) is 27.0 Å². The Balaban J connectivity index is 1.37. The number of amides is 1. The fraction of sp³-hybridized carbons (Fsp3) is 0.320. The van der Waals surface area contributed by atoms with E-state index in [2.05, 4.69) is 48.4 Å². The highest BCUT2D eigenvalue weighted by Gasteiger charge is 2.24. The summed E-state index contributed by atoms with van der Waals surface area (Å²) in [6.45, 7) is 8.72. The van der Waals surface area contributed by atoms with Crippen LogP contribution in [0.1, 0.15) is 38.6 Å². The van der Waals surface area contributed by atoms with E-state index in [1.807, 2.05) is 39.4 Å². The maximum Gasteiger partial charge on any atom is 0.410 e. The number of nitrogens with zero attached hydrogens (tertiary/aromatic N) is 5. The lowest BCUT2D eigenvalue weighted by atomic mass is 10.1. The minimum Gasteiger partial charge on any atom is -0.444 e. The number of aromatic nitrogens is 5. The Hall–Kier alpha value is -3.79. The topological polar surface area (TPSA) is 109 Å². The van der Waals surface area contributed by atoms with Crippen molar-refractivity contribution in [2.45, 2.75) is 39.7 Å². The summed E-state index contributed by atoms with van der Waals surface area (Å²) in [6, 6.07) is 4.12. The molecule has 4 aromatic heterocycles. The number of aryl methyl sites for hydroxylation is 1. The largest absolute Gasteiger partial charge is 0.444 e. The van der Waals surface area contributed by atoms with Crippen LogP contribution in [0.2, 0.25) is 0 Å². The second-order valence-corrected chi connectivity index (χ2v) is 10.3. The number of nitrogens with one attached hydrogen (secondary N) is 2. The van der Waals surface area contributed by atoms with Crippen molar-refractivity contribution >= 4 is 45.5 Å². The Morgan fingerprint density at radius 2 is 2.06 bits per heavy atom. The molecule has 35 heavy (non-hydrogen) atoms. The number of pyridine rings is 1. The van der Waals surface area contributed by atoms with Crippen LogP contribution in [0.5, 0.6) is 0 Å². The van der Waals surface area contributed by atoms with E-state index in [-0.39, 0.29) is 6.09 Å². The Kier molecular flexibility index (Phi) is 5.98. The van der Waals surface area contributed by atoms with Crippen LogP contribution < -0.4 is 5.32 Å². The van der Waals surface area contributed by atoms with E-state index in [9.17, 15) is 4.79 Å². The first-order chi connectivity index (χ1) is 16.8. The zero-order chi connectivity index (χ0) is 24.6. The summed E-state index contributed by atoms with van der Waals surface area (Å²) < 4.78 is 5.49. The third kappa shape index (κ3) is 5.02. The van der Waals surface area contributed by atoms with Crippen LogP contribution in [0.4, 0.5) is 16.3 Å². The number of carbonyl (C=O) groups is 1. The minimum atomic E-state index is -0.505. The van der Waals surface area contributed by atoms with Gasteiger partial charge in [-0.15, -0.1) is 11.3 Å². The summed E-state index contributed by atoms with van der Waals surface area (Å²) in [4.78, 5) is 36.2. The molecule has 0 saturated heterocycles. The minimum absolute atomic E-state index is 0.286. The predicted octanol–water partition coefficient (Wildman–Crippen LogP) is 5.55. The van der Waals surface area contributed by atoms with Gasteiger partial charge >= 0.3 is 6.09 Å². The number of ether oxygens (including phenoxy) is 1. The second-order valence-electron chi connectivity index (χ2n) is 9.42. The van der Waals surface area contributed by atoms with Gasteiger partial charge in [-0.2, -0.15) is 0 Å². The highest BCUT2D eigenvalue weighted by molar-refractivity contribution is 7.13. The molecule has 0 spiro atoms. The molecular formula is C25H27N7O2S. The third-order valence-corrected chi connectivity index (χ3v) is 6.49. The van der Waals surface area contributed by atoms with Crippen LogP contribution >= 0.6 is 11.3 Å². The van der Waals surface area contributed by atoms with Gasteiger partial charge in [0.15, 0.2) is 0 Å². The van der Waals surface area contributed by atoms with E-state index in [0.29, 0.717) is 18.9 Å². The molecular weight excluding hydrogens is 462 g/mol. The quantitative estimate of drug-likeness (QED) is 0.387. The van der Waals surface area contributed by atoms with Gasteiger partial charge in [0, 0.05) is 36.2 Å². The molecule has 9 nitrogen and oxygen atoms in total. The highest BCUT2D eigenvalue weighted by Crippen LogP contribution is 2.32. The summed E-state index contributed by atoms with van der Waals surface area (Å²) in [7, 11) is 0. The van der Waals surface area contributed by atoms with Gasteiger partial charge in [-0.3, -0.25) is 9.97 Å². The van der Waals surface area contributed by atoms with Crippen LogP contribution in [-0.4, -0.2) is 54.6 Å². The van der Waals surface area contributed by atoms with E-state index < -0.39 is 5.60 Å². The van der Waals surface area contributed by atoms with Gasteiger partial charge in [-0.1, -0.05) is 6.08 Å². The van der Waals surface area contributed by atoms with Crippen molar-refractivity contribution in [3.05, 3.63) is 53.8 Å². The number of fused-ring (bicyclic) bond motifs is 1. The molecule has 0 saturated carbocycles. The number of carbonyl (C=O) groups excluding carboxylic acids is 1. The number of aromatic amines is 1. The molecule has 0 radical (unpaired) electrons. The van der Waals surface area contributed by atoms with Crippen molar-refractivity contribution in [1.29, 1.82) is 0 Å². The third-order valence-electron chi connectivity index (χ3n) is 5.68. The van der Waals surface area contributed by atoms with E-state index in [1.54, 1.807) is 22.4 Å². The Morgan fingerprint density at radius 1 is 1.20 bits per heavy atom. The predicted molar refractivity (Wildman–Crippen MR) is 138 cm³/mol. The average molecular weight is 490 g/mol. The fourth-order valence-electron chi connectivity index (χ4n) is 3.95. The first kappa shape index (κ1) is 23.0. The molecule has 0 unspecified atom stereocenters. The van der Waals surface area contributed by atoms with Crippen molar-refractivity contribution in [2.24, 2.45) is 0 Å². The lowest BCUT2D eigenvalue weighted by Crippen LogP contribution is -2.39. The second kappa shape index (κ2) is 9.10. The highest BCUT2D eigenvalue weighted by atomic mass is 32.1. The van der Waals surface area contributed by atoms with Gasteiger partial charge in [0.1, 0.15) is 23.4 Å². The molecule has 0 atom stereocenters. The average Bonchev–Trinajstić information content (AvgIpc) is 3.50. The van der Waals surface area contributed by atoms with E-state index in [4.69, 9.17) is 4.74 Å². The van der Waals surface area contributed by atoms with Crippen molar-refractivity contribution in [2.75, 3.05) is 18.4 Å². The standard InChI is InChI=1S/C25H27N7O2S/c1-15-18(21-12-26-14-35-21)9-17(11-27-15)30-22-19-10-20(31-23(19)29-13-28-22)16-5-7-32(8-6-16)24(33)34-25(2,3)4/h5,9-14H,6-8H2,1-4H3,(H2,28,29,30,31). The molecule has 180 valence electrons. The zero-order valence-corrected chi connectivity index (χ0v) is 20.9. The molecule has 1 aliphatic rings. The first-order valence-electron chi connectivity index (χ1n) is 11.4. The van der Waals surface area contributed by atoms with Crippen LogP contribution in [-0.2, 0) is 4.74 Å². The summed E-state index contributed by atoms with van der Waals surface area (Å²) in [5.41, 5.74) is 6.99. The smallest absolute Gasteiger partial charge is 0.410 e. The summed E-state index contributed by atoms with van der Waals surface area (Å²) in [5, 5.41) is 4.29. The number of anilines is 2. The lowest BCUT2D eigenvalue weighted by Gasteiger charge is -2.29. The molecule has 0 bridgehead atoms. The van der Waals surface area contributed by atoms with E-state index in [0.717, 1.165) is 50.5 Å². The lowest BCUT2D eigenvalue weighted by molar-refractivity contribution is 0.0270. The Morgan fingerprint density at radius 3 is 2.77 bits per heavy atom. The van der Waals surface area contributed by atoms with Gasteiger partial charge in [0.25, 0.3) is 0 Å². The van der Waals surface area contributed by atoms with Crippen LogP contribution in [0.15, 0.2) is 42.4 Å². The van der Waals surface area contributed by atoms with Gasteiger partial charge in [0.2, 0.25) is 0 Å². The first-order valence-corrected chi connectivity index (χ1v) is 12.3. The molecule has 0 fully saturated rings. The number of hydrogen-bond donors (Lipinski definition) is 2. The molecule has 2 N–H and O–H groups in total. The van der Waals surface area contributed by atoms with Gasteiger partial charge in [-0.05, 0) is 51.8 Å². The van der Waals surface area contributed by atoms with E-state index >= 15 is 0 Å². The van der Waals surface area contributed by atoms with Crippen molar-refractivity contribution in [3.63, 3.8) is 0 Å². The number of H-pyrrole nitrogens is 1. The molecule has 5 heterocycles. The fourth-order valence-corrected chi connectivity index (χ4v) is 4.65.